The number of nitrogens with zero attached hydrogens (tertiary/aromatic N) is 3. The van der Waals surface area contributed by atoms with Crippen molar-refractivity contribution in [2.45, 2.75) is 26.0 Å². The van der Waals surface area contributed by atoms with E-state index in [1.807, 2.05) is 33.9 Å². The van der Waals surface area contributed by atoms with Crippen LogP contribution in [0.25, 0.3) is 0 Å². The molecule has 4 heteroatoms. The van der Waals surface area contributed by atoms with Gasteiger partial charge in [-0.1, -0.05) is 11.3 Å². The van der Waals surface area contributed by atoms with E-state index >= 15 is 0 Å². The summed E-state index contributed by atoms with van der Waals surface area (Å²) in [7, 11) is 1.89. The van der Waals surface area contributed by atoms with E-state index in [0.29, 0.717) is 0 Å². The molecule has 1 unspecified atom stereocenters. The zero-order valence-electron chi connectivity index (χ0n) is 8.15. The fraction of sp³-hybridized carbons (Fsp3) is 0.750. The third kappa shape index (κ3) is 4.38. The number of rotatable bonds is 4. The zero-order valence-corrected chi connectivity index (χ0v) is 9.05. The highest BCUT2D eigenvalue weighted by Gasteiger charge is 2.00. The lowest BCUT2D eigenvalue weighted by Gasteiger charge is -2.08. The molecule has 0 bridgehead atoms. The summed E-state index contributed by atoms with van der Waals surface area (Å²) in [6.07, 6.45) is 1.92. The summed E-state index contributed by atoms with van der Waals surface area (Å²) in [4.78, 5) is 0. The quantitative estimate of drug-likeness (QED) is 0.409. The molecule has 0 fully saturated rings. The molecule has 0 aromatic rings. The predicted octanol–water partition coefficient (Wildman–Crippen LogP) is 2.53. The first-order valence-corrected chi connectivity index (χ1v) is 4.60. The second-order valence-corrected chi connectivity index (χ2v) is 3.33. The van der Waals surface area contributed by atoms with Crippen LogP contribution in [0.1, 0.15) is 20.8 Å². The lowest BCUT2D eigenvalue weighted by atomic mass is 10.3. The molecule has 0 heterocycles. The van der Waals surface area contributed by atoms with E-state index in [1.54, 1.807) is 5.01 Å². The van der Waals surface area contributed by atoms with Gasteiger partial charge in [-0.15, -0.1) is 5.11 Å². The predicted molar refractivity (Wildman–Crippen MR) is 55.4 cm³/mol. The fourth-order valence-corrected chi connectivity index (χ4v) is 0.774. The third-order valence-corrected chi connectivity index (χ3v) is 1.76. The summed E-state index contributed by atoms with van der Waals surface area (Å²) < 4.78 is 0. The van der Waals surface area contributed by atoms with E-state index in [9.17, 15) is 0 Å². The molecule has 0 saturated carbocycles. The molecule has 0 amide bonds. The molecule has 0 aromatic carbocycles. The third-order valence-electron chi connectivity index (χ3n) is 1.49. The van der Waals surface area contributed by atoms with Gasteiger partial charge >= 0.3 is 0 Å². The smallest absolute Gasteiger partial charge is 0.0729 e. The van der Waals surface area contributed by atoms with Crippen molar-refractivity contribution in [2.75, 3.05) is 13.6 Å². The maximum absolute atomic E-state index is 4.26. The summed E-state index contributed by atoms with van der Waals surface area (Å²) in [5.74, 6) is 0. The van der Waals surface area contributed by atoms with Gasteiger partial charge in [-0.3, -0.25) is 5.01 Å². The highest BCUT2D eigenvalue weighted by molar-refractivity contribution is 7.81. The Labute approximate surface area is 79.9 Å². The molecule has 12 heavy (non-hydrogen) atoms. The Hall–Kier alpha value is -0.510. The minimum Gasteiger partial charge on any atom is -0.282 e. The van der Waals surface area contributed by atoms with E-state index in [0.717, 1.165) is 12.2 Å². The monoisotopic (exact) mass is 187 g/mol. The van der Waals surface area contributed by atoms with Gasteiger partial charge in [0.1, 0.15) is 0 Å². The largest absolute Gasteiger partial charge is 0.282 e. The van der Waals surface area contributed by atoms with Gasteiger partial charge in [0.15, 0.2) is 0 Å². The molecule has 0 saturated heterocycles. The van der Waals surface area contributed by atoms with Crippen LogP contribution in [0.3, 0.4) is 0 Å². The summed E-state index contributed by atoms with van der Waals surface area (Å²) >= 11 is 4.26. The SMILES string of the molecule is C/C=C(\N=N/N(C)CC)C(C)S. The molecule has 0 aliphatic carbocycles. The Morgan fingerprint density at radius 1 is 1.67 bits per heavy atom. The first kappa shape index (κ1) is 11.5. The van der Waals surface area contributed by atoms with Gasteiger partial charge in [0.25, 0.3) is 0 Å². The van der Waals surface area contributed by atoms with Crippen molar-refractivity contribution in [3.63, 3.8) is 0 Å². The molecule has 0 spiro atoms. The topological polar surface area (TPSA) is 28.0 Å². The molecule has 70 valence electrons. The maximum atomic E-state index is 4.26. The van der Waals surface area contributed by atoms with E-state index in [1.165, 1.54) is 0 Å². The Kier molecular flexibility index (Phi) is 5.80. The van der Waals surface area contributed by atoms with Crippen molar-refractivity contribution < 1.29 is 0 Å². The maximum Gasteiger partial charge on any atom is 0.0729 e. The van der Waals surface area contributed by atoms with Crippen LogP contribution in [0, 0.1) is 0 Å². The summed E-state index contributed by atoms with van der Waals surface area (Å²) in [6.45, 7) is 6.80. The first-order valence-electron chi connectivity index (χ1n) is 4.08. The van der Waals surface area contributed by atoms with Crippen LogP contribution < -0.4 is 0 Å². The first-order chi connectivity index (χ1) is 5.61. The summed E-state index contributed by atoms with van der Waals surface area (Å²) in [5, 5.41) is 9.94. The Bertz CT molecular complexity index is 175. The zero-order chi connectivity index (χ0) is 9.56. The Morgan fingerprint density at radius 2 is 2.25 bits per heavy atom. The van der Waals surface area contributed by atoms with Gasteiger partial charge in [0, 0.05) is 18.8 Å². The van der Waals surface area contributed by atoms with Crippen LogP contribution in [-0.2, 0) is 0 Å². The number of thiol groups is 1. The minimum absolute atomic E-state index is 0.143. The van der Waals surface area contributed by atoms with Crippen molar-refractivity contribution >= 4 is 12.6 Å². The van der Waals surface area contributed by atoms with Crippen LogP contribution in [0.15, 0.2) is 22.1 Å². The number of hydrogen-bond acceptors (Lipinski definition) is 3. The lowest BCUT2D eigenvalue weighted by molar-refractivity contribution is 0.348. The highest BCUT2D eigenvalue weighted by Crippen LogP contribution is 2.10. The molecule has 0 N–H and O–H groups in total. The van der Waals surface area contributed by atoms with Gasteiger partial charge in [-0.25, -0.2) is 0 Å². The van der Waals surface area contributed by atoms with Crippen molar-refractivity contribution in [1.29, 1.82) is 0 Å². The highest BCUT2D eigenvalue weighted by atomic mass is 32.1. The van der Waals surface area contributed by atoms with E-state index < -0.39 is 0 Å². The van der Waals surface area contributed by atoms with Crippen molar-refractivity contribution in [1.82, 2.24) is 5.01 Å². The normalized spacial score (nSPS) is 15.2. The molecular formula is C8H17N3S. The summed E-state index contributed by atoms with van der Waals surface area (Å²) in [5.41, 5.74) is 0.902. The molecule has 3 nitrogen and oxygen atoms in total. The van der Waals surface area contributed by atoms with Gasteiger partial charge < -0.3 is 0 Å². The minimum atomic E-state index is 0.143. The molecule has 0 aliphatic rings. The van der Waals surface area contributed by atoms with Gasteiger partial charge in [0.2, 0.25) is 0 Å². The Balaban J connectivity index is 4.12. The fourth-order valence-electron chi connectivity index (χ4n) is 0.574. The van der Waals surface area contributed by atoms with Crippen LogP contribution in [-0.4, -0.2) is 23.9 Å². The van der Waals surface area contributed by atoms with E-state index in [-0.39, 0.29) is 5.25 Å². The molecular weight excluding hydrogens is 170 g/mol. The standard InChI is InChI=1S/C8H17N3S/c1-5-8(7(3)12)9-10-11(4)6-2/h5,7,12H,6H2,1-4H3/b8-5-,10-9-. The number of hydrogen-bond donors (Lipinski definition) is 1. The Morgan fingerprint density at radius 3 is 2.58 bits per heavy atom. The average Bonchev–Trinajstić information content (AvgIpc) is 2.04. The van der Waals surface area contributed by atoms with Crippen LogP contribution in [0.4, 0.5) is 0 Å². The van der Waals surface area contributed by atoms with Gasteiger partial charge in [-0.2, -0.15) is 12.6 Å². The van der Waals surface area contributed by atoms with Crippen molar-refractivity contribution in [2.24, 2.45) is 10.3 Å². The van der Waals surface area contributed by atoms with Crippen LogP contribution in [0.2, 0.25) is 0 Å². The second-order valence-electron chi connectivity index (χ2n) is 2.55. The lowest BCUT2D eigenvalue weighted by Crippen LogP contribution is -2.08. The second kappa shape index (κ2) is 6.06. The molecule has 0 aliphatic heterocycles. The number of allylic oxidation sites excluding steroid dienone is 1. The van der Waals surface area contributed by atoms with Gasteiger partial charge in [-0.05, 0) is 20.8 Å². The average molecular weight is 187 g/mol. The van der Waals surface area contributed by atoms with E-state index in [4.69, 9.17) is 0 Å². The van der Waals surface area contributed by atoms with Gasteiger partial charge in [0.05, 0.1) is 5.70 Å². The molecule has 1 atom stereocenters. The van der Waals surface area contributed by atoms with E-state index in [2.05, 4.69) is 23.0 Å². The van der Waals surface area contributed by atoms with Crippen molar-refractivity contribution in [3.8, 4) is 0 Å². The van der Waals surface area contributed by atoms with Crippen LogP contribution >= 0.6 is 12.6 Å². The molecule has 0 radical (unpaired) electrons. The summed E-state index contributed by atoms with van der Waals surface area (Å²) in [6, 6.07) is 0. The molecule has 0 aromatic heterocycles. The molecule has 0 rings (SSSR count). The van der Waals surface area contributed by atoms with Crippen molar-refractivity contribution in [3.05, 3.63) is 11.8 Å². The van der Waals surface area contributed by atoms with Crippen LogP contribution in [0.5, 0.6) is 0 Å².